The molecule has 90 valence electrons. The highest BCUT2D eigenvalue weighted by atomic mass is 15.3. The Balaban J connectivity index is 2.07. The van der Waals surface area contributed by atoms with E-state index in [4.69, 9.17) is 5.73 Å². The predicted octanol–water partition coefficient (Wildman–Crippen LogP) is 2.98. The molecule has 0 spiro atoms. The van der Waals surface area contributed by atoms with Crippen molar-refractivity contribution in [3.63, 3.8) is 0 Å². The zero-order valence-corrected chi connectivity index (χ0v) is 10.3. The Morgan fingerprint density at radius 1 is 1.11 bits per heavy atom. The maximum Gasteiger partial charge on any atom is 0.122 e. The van der Waals surface area contributed by atoms with Gasteiger partial charge in [-0.25, -0.2) is 4.68 Å². The Bertz CT molecular complexity index is 693. The standard InChI is InChI=1S/C15H15N3/c1-11-9-15(16)18(17-11)10-13-7-4-6-12-5-2-3-8-14(12)13/h2-9H,10,16H2,1H3. The Kier molecular flexibility index (Phi) is 2.52. The van der Waals surface area contributed by atoms with E-state index in [1.165, 1.54) is 16.3 Å². The largest absolute Gasteiger partial charge is 0.384 e. The third-order valence-electron chi connectivity index (χ3n) is 3.13. The van der Waals surface area contributed by atoms with E-state index < -0.39 is 0 Å². The summed E-state index contributed by atoms with van der Waals surface area (Å²) in [4.78, 5) is 0. The monoisotopic (exact) mass is 237 g/mol. The number of rotatable bonds is 2. The SMILES string of the molecule is Cc1cc(N)n(Cc2cccc3ccccc23)n1. The quantitative estimate of drug-likeness (QED) is 0.744. The lowest BCUT2D eigenvalue weighted by Crippen LogP contribution is -2.06. The first-order valence-corrected chi connectivity index (χ1v) is 6.00. The summed E-state index contributed by atoms with van der Waals surface area (Å²) in [6, 6.07) is 16.6. The summed E-state index contributed by atoms with van der Waals surface area (Å²) in [5.74, 6) is 0.709. The van der Waals surface area contributed by atoms with Gasteiger partial charge >= 0.3 is 0 Å². The molecule has 3 nitrogen and oxygen atoms in total. The summed E-state index contributed by atoms with van der Waals surface area (Å²) in [5.41, 5.74) is 8.12. The van der Waals surface area contributed by atoms with Crippen LogP contribution in [-0.4, -0.2) is 9.78 Å². The maximum atomic E-state index is 5.93. The second-order valence-electron chi connectivity index (χ2n) is 4.51. The van der Waals surface area contributed by atoms with E-state index in [0.717, 1.165) is 5.69 Å². The third kappa shape index (κ3) is 1.84. The first-order chi connectivity index (χ1) is 8.74. The number of hydrogen-bond acceptors (Lipinski definition) is 2. The van der Waals surface area contributed by atoms with Crippen LogP contribution in [0, 0.1) is 6.92 Å². The van der Waals surface area contributed by atoms with Crippen molar-refractivity contribution in [1.82, 2.24) is 9.78 Å². The molecule has 2 N–H and O–H groups in total. The molecule has 0 aliphatic carbocycles. The second-order valence-corrected chi connectivity index (χ2v) is 4.51. The Morgan fingerprint density at radius 3 is 2.67 bits per heavy atom. The van der Waals surface area contributed by atoms with Gasteiger partial charge in [0.2, 0.25) is 0 Å². The van der Waals surface area contributed by atoms with Crippen LogP contribution in [0.3, 0.4) is 0 Å². The molecule has 0 unspecified atom stereocenters. The highest BCUT2D eigenvalue weighted by Gasteiger charge is 2.05. The number of aromatic nitrogens is 2. The third-order valence-corrected chi connectivity index (χ3v) is 3.13. The molecule has 0 bridgehead atoms. The van der Waals surface area contributed by atoms with E-state index in [1.54, 1.807) is 0 Å². The summed E-state index contributed by atoms with van der Waals surface area (Å²) in [6.45, 7) is 2.66. The average Bonchev–Trinajstić information content (AvgIpc) is 2.68. The Labute approximate surface area is 106 Å². The number of nitrogens with zero attached hydrogens (tertiary/aromatic N) is 2. The number of aryl methyl sites for hydroxylation is 1. The van der Waals surface area contributed by atoms with Gasteiger partial charge in [-0.05, 0) is 23.3 Å². The molecule has 0 radical (unpaired) electrons. The number of anilines is 1. The second kappa shape index (κ2) is 4.18. The van der Waals surface area contributed by atoms with Gasteiger partial charge in [0.05, 0.1) is 12.2 Å². The van der Waals surface area contributed by atoms with Gasteiger partial charge in [0.15, 0.2) is 0 Å². The summed E-state index contributed by atoms with van der Waals surface area (Å²) in [5, 5.41) is 6.91. The molecule has 3 rings (SSSR count). The normalized spacial score (nSPS) is 10.9. The van der Waals surface area contributed by atoms with Gasteiger partial charge in [0.1, 0.15) is 5.82 Å². The van der Waals surface area contributed by atoms with Crippen molar-refractivity contribution in [2.24, 2.45) is 0 Å². The highest BCUT2D eigenvalue weighted by molar-refractivity contribution is 5.85. The lowest BCUT2D eigenvalue weighted by molar-refractivity contribution is 0.692. The number of nitrogens with two attached hydrogens (primary N) is 1. The molecule has 0 aliphatic heterocycles. The zero-order valence-electron chi connectivity index (χ0n) is 10.3. The van der Waals surface area contributed by atoms with Crippen molar-refractivity contribution >= 4 is 16.6 Å². The fourth-order valence-corrected chi connectivity index (χ4v) is 2.28. The molecule has 0 aliphatic rings. The van der Waals surface area contributed by atoms with Crippen molar-refractivity contribution in [3.8, 4) is 0 Å². The van der Waals surface area contributed by atoms with Crippen molar-refractivity contribution in [2.75, 3.05) is 5.73 Å². The van der Waals surface area contributed by atoms with Crippen LogP contribution >= 0.6 is 0 Å². The van der Waals surface area contributed by atoms with Crippen LogP contribution in [0.15, 0.2) is 48.5 Å². The van der Waals surface area contributed by atoms with E-state index in [9.17, 15) is 0 Å². The molecular formula is C15H15N3. The number of nitrogen functional groups attached to an aromatic ring is 1. The lowest BCUT2D eigenvalue weighted by Gasteiger charge is -2.08. The van der Waals surface area contributed by atoms with Gasteiger partial charge in [-0.3, -0.25) is 0 Å². The molecular weight excluding hydrogens is 222 g/mol. The molecule has 1 heterocycles. The van der Waals surface area contributed by atoms with Gasteiger partial charge in [-0.1, -0.05) is 42.5 Å². The maximum absolute atomic E-state index is 5.93. The first kappa shape index (κ1) is 10.8. The van der Waals surface area contributed by atoms with Crippen molar-refractivity contribution in [3.05, 3.63) is 59.8 Å². The van der Waals surface area contributed by atoms with Crippen LogP contribution in [0.5, 0.6) is 0 Å². The van der Waals surface area contributed by atoms with E-state index >= 15 is 0 Å². The molecule has 3 aromatic rings. The molecule has 0 saturated carbocycles. The summed E-state index contributed by atoms with van der Waals surface area (Å²) >= 11 is 0. The van der Waals surface area contributed by atoms with E-state index in [-0.39, 0.29) is 0 Å². The zero-order chi connectivity index (χ0) is 12.5. The minimum Gasteiger partial charge on any atom is -0.384 e. The van der Waals surface area contributed by atoms with Crippen LogP contribution in [0.25, 0.3) is 10.8 Å². The number of fused-ring (bicyclic) bond motifs is 1. The molecule has 2 aromatic carbocycles. The average molecular weight is 237 g/mol. The first-order valence-electron chi connectivity index (χ1n) is 6.00. The van der Waals surface area contributed by atoms with Crippen LogP contribution in [0.2, 0.25) is 0 Å². The molecule has 0 atom stereocenters. The molecule has 18 heavy (non-hydrogen) atoms. The van der Waals surface area contributed by atoms with Crippen molar-refractivity contribution < 1.29 is 0 Å². The van der Waals surface area contributed by atoms with Gasteiger partial charge < -0.3 is 5.73 Å². The van der Waals surface area contributed by atoms with Gasteiger partial charge in [-0.15, -0.1) is 0 Å². The van der Waals surface area contributed by atoms with Gasteiger partial charge in [0.25, 0.3) is 0 Å². The summed E-state index contributed by atoms with van der Waals surface area (Å²) in [6.07, 6.45) is 0. The van der Waals surface area contributed by atoms with Gasteiger partial charge in [0, 0.05) is 6.07 Å². The highest BCUT2D eigenvalue weighted by Crippen LogP contribution is 2.20. The molecule has 3 heteroatoms. The fourth-order valence-electron chi connectivity index (χ4n) is 2.28. The minimum absolute atomic E-state index is 0.709. The number of benzene rings is 2. The van der Waals surface area contributed by atoms with Crippen LogP contribution in [-0.2, 0) is 6.54 Å². The van der Waals surface area contributed by atoms with E-state index in [0.29, 0.717) is 12.4 Å². The Hall–Kier alpha value is -2.29. The molecule has 0 fully saturated rings. The van der Waals surface area contributed by atoms with Crippen molar-refractivity contribution in [1.29, 1.82) is 0 Å². The smallest absolute Gasteiger partial charge is 0.122 e. The van der Waals surface area contributed by atoms with Crippen molar-refractivity contribution in [2.45, 2.75) is 13.5 Å². The fraction of sp³-hybridized carbons (Fsp3) is 0.133. The van der Waals surface area contributed by atoms with E-state index in [2.05, 4.69) is 47.6 Å². The minimum atomic E-state index is 0.709. The molecule has 0 saturated heterocycles. The van der Waals surface area contributed by atoms with Crippen LogP contribution in [0.1, 0.15) is 11.3 Å². The molecule has 0 amide bonds. The van der Waals surface area contributed by atoms with E-state index in [1.807, 2.05) is 17.7 Å². The van der Waals surface area contributed by atoms with Gasteiger partial charge in [-0.2, -0.15) is 5.10 Å². The number of hydrogen-bond donors (Lipinski definition) is 1. The van der Waals surface area contributed by atoms with Crippen LogP contribution in [0.4, 0.5) is 5.82 Å². The van der Waals surface area contributed by atoms with Crippen LogP contribution < -0.4 is 5.73 Å². The predicted molar refractivity (Wildman–Crippen MR) is 74.4 cm³/mol. The summed E-state index contributed by atoms with van der Waals surface area (Å²) in [7, 11) is 0. The topological polar surface area (TPSA) is 43.8 Å². The Morgan fingerprint density at radius 2 is 1.89 bits per heavy atom. The molecule has 1 aromatic heterocycles. The lowest BCUT2D eigenvalue weighted by atomic mass is 10.0. The summed E-state index contributed by atoms with van der Waals surface area (Å²) < 4.78 is 1.84.